The molecule has 0 aliphatic carbocycles. The van der Waals surface area contributed by atoms with Crippen LogP contribution < -0.4 is 4.74 Å². The number of aromatic hydroxyl groups is 1. The number of fused-ring (bicyclic) bond motifs is 1. The number of hydrogen-bond acceptors (Lipinski definition) is 3. The Labute approximate surface area is 76.0 Å². The lowest BCUT2D eigenvalue weighted by molar-refractivity contribution is -0.135. The van der Waals surface area contributed by atoms with Crippen molar-refractivity contribution in [1.82, 2.24) is 0 Å². The second kappa shape index (κ2) is 2.76. The quantitative estimate of drug-likeness (QED) is 0.486. The zero-order valence-corrected chi connectivity index (χ0v) is 7.28. The predicted molar refractivity (Wildman–Crippen MR) is 46.8 cm³/mol. The maximum atomic E-state index is 11.0. The third-order valence-electron chi connectivity index (χ3n) is 2.22. The van der Waals surface area contributed by atoms with Crippen LogP contribution in [-0.4, -0.2) is 11.1 Å². The standard InChI is InChI=1S/C10H10O3/c1-6-4-10(12)13-9-3-2-7(11)5-8(6)9/h2-3,5-6,11H,4H2,1H3. The largest absolute Gasteiger partial charge is 0.508 e. The van der Waals surface area contributed by atoms with Crippen LogP contribution >= 0.6 is 0 Å². The van der Waals surface area contributed by atoms with E-state index in [1.165, 1.54) is 6.07 Å². The van der Waals surface area contributed by atoms with Gasteiger partial charge in [-0.15, -0.1) is 0 Å². The van der Waals surface area contributed by atoms with Gasteiger partial charge in [0, 0.05) is 5.56 Å². The van der Waals surface area contributed by atoms with Crippen LogP contribution in [0.25, 0.3) is 0 Å². The Kier molecular flexibility index (Phi) is 1.72. The van der Waals surface area contributed by atoms with E-state index in [1.54, 1.807) is 12.1 Å². The Morgan fingerprint density at radius 2 is 2.31 bits per heavy atom. The molecule has 0 saturated heterocycles. The number of hydrogen-bond donors (Lipinski definition) is 1. The van der Waals surface area contributed by atoms with Crippen molar-refractivity contribution in [3.8, 4) is 11.5 Å². The molecule has 3 heteroatoms. The lowest BCUT2D eigenvalue weighted by atomic mass is 9.95. The smallest absolute Gasteiger partial charge is 0.311 e. The summed E-state index contributed by atoms with van der Waals surface area (Å²) in [4.78, 5) is 11.0. The van der Waals surface area contributed by atoms with Crippen molar-refractivity contribution >= 4 is 5.97 Å². The summed E-state index contributed by atoms with van der Waals surface area (Å²) in [5, 5.41) is 9.23. The molecule has 0 radical (unpaired) electrons. The molecule has 2 rings (SSSR count). The van der Waals surface area contributed by atoms with Crippen LogP contribution in [0.5, 0.6) is 11.5 Å². The minimum atomic E-state index is -0.203. The van der Waals surface area contributed by atoms with Crippen LogP contribution in [0.4, 0.5) is 0 Å². The minimum Gasteiger partial charge on any atom is -0.508 e. The van der Waals surface area contributed by atoms with Gasteiger partial charge in [-0.05, 0) is 24.1 Å². The zero-order chi connectivity index (χ0) is 9.42. The van der Waals surface area contributed by atoms with Crippen LogP contribution in [0.2, 0.25) is 0 Å². The first kappa shape index (κ1) is 8.10. The lowest BCUT2D eigenvalue weighted by Crippen LogP contribution is -2.18. The number of benzene rings is 1. The van der Waals surface area contributed by atoms with Crippen molar-refractivity contribution in [3.05, 3.63) is 23.8 Å². The van der Waals surface area contributed by atoms with Gasteiger partial charge in [0.05, 0.1) is 6.42 Å². The molecule has 1 atom stereocenters. The molecule has 1 aromatic rings. The molecule has 13 heavy (non-hydrogen) atoms. The lowest BCUT2D eigenvalue weighted by Gasteiger charge is -2.20. The maximum Gasteiger partial charge on any atom is 0.311 e. The third-order valence-corrected chi connectivity index (χ3v) is 2.22. The minimum absolute atomic E-state index is 0.128. The SMILES string of the molecule is CC1CC(=O)Oc2ccc(O)cc21. The highest BCUT2D eigenvalue weighted by molar-refractivity contribution is 5.76. The predicted octanol–water partition coefficient (Wildman–Crippen LogP) is 1.80. The summed E-state index contributed by atoms with van der Waals surface area (Å²) < 4.78 is 5.01. The van der Waals surface area contributed by atoms with Gasteiger partial charge in [-0.2, -0.15) is 0 Å². The van der Waals surface area contributed by atoms with E-state index < -0.39 is 0 Å². The van der Waals surface area contributed by atoms with E-state index in [1.807, 2.05) is 6.92 Å². The first-order valence-electron chi connectivity index (χ1n) is 4.20. The Hall–Kier alpha value is -1.51. The summed E-state index contributed by atoms with van der Waals surface area (Å²) in [5.41, 5.74) is 0.902. The fourth-order valence-corrected chi connectivity index (χ4v) is 1.54. The number of rotatable bonds is 0. The van der Waals surface area contributed by atoms with Crippen LogP contribution in [-0.2, 0) is 4.79 Å². The number of carbonyl (C=O) groups excluding carboxylic acids is 1. The van der Waals surface area contributed by atoms with Gasteiger partial charge in [0.1, 0.15) is 11.5 Å². The summed E-state index contributed by atoms with van der Waals surface area (Å²) >= 11 is 0. The average Bonchev–Trinajstić information content (AvgIpc) is 2.06. The molecular weight excluding hydrogens is 168 g/mol. The molecule has 0 amide bonds. The molecule has 1 aromatic carbocycles. The zero-order valence-electron chi connectivity index (χ0n) is 7.28. The highest BCUT2D eigenvalue weighted by Crippen LogP contribution is 2.35. The molecule has 1 unspecified atom stereocenters. The van der Waals surface area contributed by atoms with E-state index in [2.05, 4.69) is 0 Å². The highest BCUT2D eigenvalue weighted by Gasteiger charge is 2.23. The van der Waals surface area contributed by atoms with Gasteiger partial charge < -0.3 is 9.84 Å². The summed E-state index contributed by atoms with van der Waals surface area (Å²) in [7, 11) is 0. The molecule has 0 aromatic heterocycles. The van der Waals surface area contributed by atoms with Crippen molar-refractivity contribution in [1.29, 1.82) is 0 Å². The molecule has 1 heterocycles. The number of esters is 1. The van der Waals surface area contributed by atoms with Gasteiger partial charge in [0.25, 0.3) is 0 Å². The molecule has 1 aliphatic rings. The topological polar surface area (TPSA) is 46.5 Å². The van der Waals surface area contributed by atoms with Crippen LogP contribution in [0, 0.1) is 0 Å². The van der Waals surface area contributed by atoms with E-state index in [0.717, 1.165) is 5.56 Å². The van der Waals surface area contributed by atoms with Gasteiger partial charge in [0.2, 0.25) is 0 Å². The van der Waals surface area contributed by atoms with Crippen molar-refractivity contribution in [2.24, 2.45) is 0 Å². The van der Waals surface area contributed by atoms with E-state index >= 15 is 0 Å². The third kappa shape index (κ3) is 1.37. The van der Waals surface area contributed by atoms with E-state index in [4.69, 9.17) is 4.74 Å². The summed E-state index contributed by atoms with van der Waals surface area (Å²) in [5.74, 6) is 0.708. The fourth-order valence-electron chi connectivity index (χ4n) is 1.54. The molecule has 1 aliphatic heterocycles. The van der Waals surface area contributed by atoms with Crippen molar-refractivity contribution < 1.29 is 14.6 Å². The number of phenols is 1. The molecule has 68 valence electrons. The monoisotopic (exact) mass is 178 g/mol. The number of ether oxygens (including phenoxy) is 1. The molecular formula is C10H10O3. The van der Waals surface area contributed by atoms with Gasteiger partial charge in [-0.1, -0.05) is 6.92 Å². The number of phenolic OH excluding ortho intramolecular Hbond substituents is 1. The van der Waals surface area contributed by atoms with Crippen LogP contribution in [0.1, 0.15) is 24.8 Å². The van der Waals surface area contributed by atoms with Gasteiger partial charge >= 0.3 is 5.97 Å². The van der Waals surface area contributed by atoms with Crippen molar-refractivity contribution in [2.75, 3.05) is 0 Å². The highest BCUT2D eigenvalue weighted by atomic mass is 16.5. The molecule has 3 nitrogen and oxygen atoms in total. The first-order valence-corrected chi connectivity index (χ1v) is 4.20. The first-order chi connectivity index (χ1) is 6.16. The molecule has 0 fully saturated rings. The second-order valence-electron chi connectivity index (χ2n) is 3.30. The van der Waals surface area contributed by atoms with Gasteiger partial charge in [-0.3, -0.25) is 4.79 Å². The van der Waals surface area contributed by atoms with E-state index in [9.17, 15) is 9.90 Å². The number of carbonyl (C=O) groups is 1. The Morgan fingerprint density at radius 3 is 3.08 bits per heavy atom. The fraction of sp³-hybridized carbons (Fsp3) is 0.300. The second-order valence-corrected chi connectivity index (χ2v) is 3.30. The normalized spacial score (nSPS) is 20.7. The maximum absolute atomic E-state index is 11.0. The Morgan fingerprint density at radius 1 is 1.54 bits per heavy atom. The van der Waals surface area contributed by atoms with E-state index in [0.29, 0.717) is 12.2 Å². The van der Waals surface area contributed by atoms with Crippen molar-refractivity contribution in [3.63, 3.8) is 0 Å². The molecule has 0 saturated carbocycles. The molecule has 1 N–H and O–H groups in total. The summed E-state index contributed by atoms with van der Waals surface area (Å²) in [6, 6.07) is 4.79. The average molecular weight is 178 g/mol. The van der Waals surface area contributed by atoms with Crippen molar-refractivity contribution in [2.45, 2.75) is 19.3 Å². The van der Waals surface area contributed by atoms with E-state index in [-0.39, 0.29) is 17.6 Å². The molecule has 0 bridgehead atoms. The van der Waals surface area contributed by atoms with Gasteiger partial charge in [0.15, 0.2) is 0 Å². The summed E-state index contributed by atoms with van der Waals surface area (Å²) in [6.07, 6.45) is 0.385. The summed E-state index contributed by atoms with van der Waals surface area (Å²) in [6.45, 7) is 1.94. The van der Waals surface area contributed by atoms with Crippen LogP contribution in [0.15, 0.2) is 18.2 Å². The Bertz CT molecular complexity index is 357. The molecule has 0 spiro atoms. The van der Waals surface area contributed by atoms with Gasteiger partial charge in [-0.25, -0.2) is 0 Å². The van der Waals surface area contributed by atoms with Crippen LogP contribution in [0.3, 0.4) is 0 Å². The Balaban J connectivity index is 2.49.